The highest BCUT2D eigenvalue weighted by Crippen LogP contribution is 2.32. The number of hydrogen-bond acceptors (Lipinski definition) is 4. The van der Waals surface area contributed by atoms with Gasteiger partial charge in [0.15, 0.2) is 0 Å². The summed E-state index contributed by atoms with van der Waals surface area (Å²) >= 11 is 0. The summed E-state index contributed by atoms with van der Waals surface area (Å²) in [5.74, 6) is 1.52. The Bertz CT molecular complexity index is 702. The molecule has 3 N–H and O–H groups in total. The number of terminal acetylenes is 1. The van der Waals surface area contributed by atoms with Crippen LogP contribution >= 0.6 is 0 Å². The average Bonchev–Trinajstić information content (AvgIpc) is 3.21. The molecular formula is C14H16N2O4S. The van der Waals surface area contributed by atoms with E-state index in [2.05, 4.69) is 5.92 Å². The number of nitrogens with zero attached hydrogens (tertiary/aromatic N) is 1. The smallest absolute Gasteiger partial charge is 0.335 e. The summed E-state index contributed by atoms with van der Waals surface area (Å²) in [7, 11) is -3.82. The van der Waals surface area contributed by atoms with Crippen LogP contribution in [0.5, 0.6) is 0 Å². The lowest BCUT2D eigenvalue weighted by atomic mass is 10.2. The van der Waals surface area contributed by atoms with Gasteiger partial charge in [-0.15, -0.1) is 6.42 Å². The SMILES string of the molecule is C#CCN(CC1CC1)S(=O)(=O)c1ccc(C(=O)O)cc1N. The van der Waals surface area contributed by atoms with E-state index < -0.39 is 16.0 Å². The van der Waals surface area contributed by atoms with Gasteiger partial charge >= 0.3 is 5.97 Å². The standard InChI is InChI=1S/C14H16N2O4S/c1-2-7-16(9-10-3-4-10)21(19,20)13-6-5-11(14(17)18)8-12(13)15/h1,5-6,8,10H,3-4,7,9,15H2,(H,17,18). The molecule has 1 aliphatic carbocycles. The van der Waals surface area contributed by atoms with Gasteiger partial charge in [0.1, 0.15) is 4.90 Å². The zero-order valence-electron chi connectivity index (χ0n) is 11.3. The lowest BCUT2D eigenvalue weighted by Gasteiger charge is -2.20. The van der Waals surface area contributed by atoms with Crippen LogP contribution in [0.1, 0.15) is 23.2 Å². The van der Waals surface area contributed by atoms with E-state index in [0.717, 1.165) is 18.9 Å². The maximum atomic E-state index is 12.6. The van der Waals surface area contributed by atoms with Gasteiger partial charge < -0.3 is 10.8 Å². The molecule has 0 unspecified atom stereocenters. The predicted molar refractivity (Wildman–Crippen MR) is 78.1 cm³/mol. The molecule has 112 valence electrons. The van der Waals surface area contributed by atoms with E-state index in [1.54, 1.807) is 0 Å². The van der Waals surface area contributed by atoms with Gasteiger partial charge in [0, 0.05) is 6.54 Å². The predicted octanol–water partition coefficient (Wildman–Crippen LogP) is 1.00. The maximum Gasteiger partial charge on any atom is 0.335 e. The molecule has 0 saturated heterocycles. The third-order valence-corrected chi connectivity index (χ3v) is 5.19. The minimum Gasteiger partial charge on any atom is -0.478 e. The summed E-state index contributed by atoms with van der Waals surface area (Å²) in [5, 5.41) is 8.88. The maximum absolute atomic E-state index is 12.6. The summed E-state index contributed by atoms with van der Waals surface area (Å²) in [6, 6.07) is 3.57. The zero-order chi connectivity index (χ0) is 15.6. The van der Waals surface area contributed by atoms with Crippen molar-refractivity contribution in [3.63, 3.8) is 0 Å². The Morgan fingerprint density at radius 3 is 2.62 bits per heavy atom. The molecule has 0 spiro atoms. The van der Waals surface area contributed by atoms with Crippen LogP contribution in [-0.4, -0.2) is 36.9 Å². The third-order valence-electron chi connectivity index (χ3n) is 3.30. The molecule has 0 radical (unpaired) electrons. The van der Waals surface area contributed by atoms with Crippen molar-refractivity contribution in [2.75, 3.05) is 18.8 Å². The average molecular weight is 308 g/mol. The fourth-order valence-electron chi connectivity index (χ4n) is 1.99. The van der Waals surface area contributed by atoms with E-state index in [0.29, 0.717) is 12.5 Å². The minimum absolute atomic E-state index is 0.0288. The van der Waals surface area contributed by atoms with Crippen molar-refractivity contribution in [1.29, 1.82) is 0 Å². The van der Waals surface area contributed by atoms with Crippen LogP contribution in [0.3, 0.4) is 0 Å². The number of aromatic carboxylic acids is 1. The molecule has 21 heavy (non-hydrogen) atoms. The highest BCUT2D eigenvalue weighted by molar-refractivity contribution is 7.89. The summed E-state index contributed by atoms with van der Waals surface area (Å²) < 4.78 is 26.4. The first kappa shape index (κ1) is 15.4. The van der Waals surface area contributed by atoms with Crippen LogP contribution < -0.4 is 5.73 Å². The first-order valence-corrected chi connectivity index (χ1v) is 7.86. The van der Waals surface area contributed by atoms with Crippen LogP contribution in [0.15, 0.2) is 23.1 Å². The molecule has 1 fully saturated rings. The van der Waals surface area contributed by atoms with Crippen LogP contribution in [0.25, 0.3) is 0 Å². The van der Waals surface area contributed by atoms with Crippen LogP contribution in [-0.2, 0) is 10.0 Å². The van der Waals surface area contributed by atoms with Crippen molar-refractivity contribution in [3.8, 4) is 12.3 Å². The van der Waals surface area contributed by atoms with Crippen molar-refractivity contribution >= 4 is 21.7 Å². The molecular weight excluding hydrogens is 292 g/mol. The first-order chi connectivity index (χ1) is 9.86. The molecule has 1 aliphatic rings. The number of carboxylic acids is 1. The molecule has 2 rings (SSSR count). The lowest BCUT2D eigenvalue weighted by Crippen LogP contribution is -2.33. The van der Waals surface area contributed by atoms with Crippen molar-refractivity contribution in [1.82, 2.24) is 4.31 Å². The Labute approximate surface area is 123 Å². The van der Waals surface area contributed by atoms with Crippen molar-refractivity contribution in [2.24, 2.45) is 5.92 Å². The molecule has 1 aromatic rings. The number of rotatable bonds is 6. The van der Waals surface area contributed by atoms with Crippen molar-refractivity contribution in [3.05, 3.63) is 23.8 Å². The summed E-state index contributed by atoms with van der Waals surface area (Å²) in [4.78, 5) is 10.8. The van der Waals surface area contributed by atoms with Crippen molar-refractivity contribution in [2.45, 2.75) is 17.7 Å². The third kappa shape index (κ3) is 3.35. The number of nitrogen functional groups attached to an aromatic ring is 1. The van der Waals surface area contributed by atoms with Gasteiger partial charge in [-0.2, -0.15) is 4.31 Å². The summed E-state index contributed by atoms with van der Waals surface area (Å²) in [6.07, 6.45) is 7.22. The number of benzene rings is 1. The topological polar surface area (TPSA) is 101 Å². The number of nitrogens with two attached hydrogens (primary N) is 1. The molecule has 0 heterocycles. The molecule has 1 saturated carbocycles. The van der Waals surface area contributed by atoms with E-state index in [4.69, 9.17) is 17.3 Å². The number of anilines is 1. The van der Waals surface area contributed by atoms with Gasteiger partial charge in [-0.25, -0.2) is 13.2 Å². The Morgan fingerprint density at radius 2 is 2.14 bits per heavy atom. The second kappa shape index (κ2) is 5.76. The Kier molecular flexibility index (Phi) is 4.21. The Morgan fingerprint density at radius 1 is 1.48 bits per heavy atom. The molecule has 0 atom stereocenters. The van der Waals surface area contributed by atoms with Crippen LogP contribution in [0, 0.1) is 18.3 Å². The molecule has 1 aromatic carbocycles. The van der Waals surface area contributed by atoms with Gasteiger partial charge in [0.05, 0.1) is 17.8 Å². The largest absolute Gasteiger partial charge is 0.478 e. The fourth-order valence-corrected chi connectivity index (χ4v) is 3.52. The molecule has 7 heteroatoms. The van der Waals surface area contributed by atoms with E-state index >= 15 is 0 Å². The molecule has 0 bridgehead atoms. The molecule has 6 nitrogen and oxygen atoms in total. The van der Waals surface area contributed by atoms with Gasteiger partial charge in [-0.1, -0.05) is 5.92 Å². The van der Waals surface area contributed by atoms with Crippen LogP contribution in [0.2, 0.25) is 0 Å². The lowest BCUT2D eigenvalue weighted by molar-refractivity contribution is 0.0697. The van der Waals surface area contributed by atoms with E-state index in [1.807, 2.05) is 0 Å². The first-order valence-electron chi connectivity index (χ1n) is 6.42. The quantitative estimate of drug-likeness (QED) is 0.603. The molecule has 0 aromatic heterocycles. The number of carboxylic acid groups (broad SMARTS) is 1. The number of sulfonamides is 1. The van der Waals surface area contributed by atoms with Crippen molar-refractivity contribution < 1.29 is 18.3 Å². The van der Waals surface area contributed by atoms with Gasteiger partial charge in [0.2, 0.25) is 10.0 Å². The van der Waals surface area contributed by atoms with Gasteiger partial charge in [-0.05, 0) is 37.0 Å². The minimum atomic E-state index is -3.82. The second-order valence-electron chi connectivity index (χ2n) is 5.00. The van der Waals surface area contributed by atoms with Gasteiger partial charge in [-0.3, -0.25) is 0 Å². The van der Waals surface area contributed by atoms with E-state index in [-0.39, 0.29) is 22.7 Å². The Balaban J connectivity index is 2.37. The zero-order valence-corrected chi connectivity index (χ0v) is 12.1. The number of carbonyl (C=O) groups is 1. The Hall–Kier alpha value is -2.04. The van der Waals surface area contributed by atoms with E-state index in [9.17, 15) is 13.2 Å². The molecule has 0 aliphatic heterocycles. The van der Waals surface area contributed by atoms with Crippen LogP contribution in [0.4, 0.5) is 5.69 Å². The highest BCUT2D eigenvalue weighted by Gasteiger charge is 2.32. The number of hydrogen-bond donors (Lipinski definition) is 2. The van der Waals surface area contributed by atoms with E-state index in [1.165, 1.54) is 16.4 Å². The molecule has 0 amide bonds. The normalized spacial score (nSPS) is 14.9. The van der Waals surface area contributed by atoms with Gasteiger partial charge in [0.25, 0.3) is 0 Å². The summed E-state index contributed by atoms with van der Waals surface area (Å²) in [5.41, 5.74) is 5.56. The second-order valence-corrected chi connectivity index (χ2v) is 6.91. The summed E-state index contributed by atoms with van der Waals surface area (Å²) in [6.45, 7) is 0.339. The fraction of sp³-hybridized carbons (Fsp3) is 0.357. The monoisotopic (exact) mass is 308 g/mol. The highest BCUT2D eigenvalue weighted by atomic mass is 32.2.